The van der Waals surface area contributed by atoms with Crippen molar-refractivity contribution in [2.45, 2.75) is 44.7 Å². The SMILES string of the molecule is CC(NC1CCN(C(=O)C2CC2)CC1)c1cnccn1. The summed E-state index contributed by atoms with van der Waals surface area (Å²) in [5, 5.41) is 3.60. The maximum Gasteiger partial charge on any atom is 0.225 e. The van der Waals surface area contributed by atoms with Gasteiger partial charge in [-0.3, -0.25) is 14.8 Å². The number of likely N-dealkylation sites (tertiary alicyclic amines) is 1. The molecule has 1 atom stereocenters. The highest BCUT2D eigenvalue weighted by molar-refractivity contribution is 5.81. The average molecular weight is 274 g/mol. The van der Waals surface area contributed by atoms with Crippen LogP contribution < -0.4 is 5.32 Å². The third kappa shape index (κ3) is 3.15. The quantitative estimate of drug-likeness (QED) is 0.904. The fourth-order valence-electron chi connectivity index (χ4n) is 2.83. The van der Waals surface area contributed by atoms with Crippen LogP contribution in [0, 0.1) is 5.92 Å². The number of nitrogens with one attached hydrogen (secondary N) is 1. The Labute approximate surface area is 119 Å². The number of aromatic nitrogens is 2. The second-order valence-electron chi connectivity index (χ2n) is 5.89. The summed E-state index contributed by atoms with van der Waals surface area (Å²) < 4.78 is 0. The van der Waals surface area contributed by atoms with E-state index in [1.165, 1.54) is 0 Å². The van der Waals surface area contributed by atoms with Crippen molar-refractivity contribution in [1.29, 1.82) is 0 Å². The fraction of sp³-hybridized carbons (Fsp3) is 0.667. The first-order valence-corrected chi connectivity index (χ1v) is 7.55. The van der Waals surface area contributed by atoms with E-state index < -0.39 is 0 Å². The highest BCUT2D eigenvalue weighted by Gasteiger charge is 2.35. The Bertz CT molecular complexity index is 452. The second kappa shape index (κ2) is 5.87. The van der Waals surface area contributed by atoms with Gasteiger partial charge in [0.15, 0.2) is 0 Å². The van der Waals surface area contributed by atoms with Crippen molar-refractivity contribution in [1.82, 2.24) is 20.2 Å². The molecule has 5 heteroatoms. The molecule has 1 saturated heterocycles. The third-order valence-corrected chi connectivity index (χ3v) is 4.25. The number of hydrogen-bond donors (Lipinski definition) is 1. The Balaban J connectivity index is 1.47. The minimum atomic E-state index is 0.208. The number of amides is 1. The Morgan fingerprint density at radius 1 is 1.30 bits per heavy atom. The van der Waals surface area contributed by atoms with E-state index >= 15 is 0 Å². The first kappa shape index (κ1) is 13.5. The zero-order valence-corrected chi connectivity index (χ0v) is 12.0. The fourth-order valence-corrected chi connectivity index (χ4v) is 2.83. The summed E-state index contributed by atoms with van der Waals surface area (Å²) in [6, 6.07) is 0.676. The zero-order valence-electron chi connectivity index (χ0n) is 12.0. The largest absolute Gasteiger partial charge is 0.342 e. The molecule has 108 valence electrons. The smallest absolute Gasteiger partial charge is 0.225 e. The van der Waals surface area contributed by atoms with E-state index in [2.05, 4.69) is 22.2 Å². The van der Waals surface area contributed by atoms with Crippen LogP contribution in [0.4, 0.5) is 0 Å². The van der Waals surface area contributed by atoms with Crippen LogP contribution in [-0.2, 0) is 4.79 Å². The van der Waals surface area contributed by atoms with Crippen LogP contribution in [0.1, 0.15) is 44.3 Å². The molecule has 20 heavy (non-hydrogen) atoms. The standard InChI is InChI=1S/C15H22N4O/c1-11(14-10-16-6-7-17-14)18-13-4-8-19(9-5-13)15(20)12-2-3-12/h6-7,10-13,18H,2-5,8-9H2,1H3. The van der Waals surface area contributed by atoms with Crippen LogP contribution in [0.3, 0.4) is 0 Å². The monoisotopic (exact) mass is 274 g/mol. The summed E-state index contributed by atoms with van der Waals surface area (Å²) >= 11 is 0. The number of carbonyl (C=O) groups is 1. The van der Waals surface area contributed by atoms with Gasteiger partial charge in [-0.1, -0.05) is 0 Å². The van der Waals surface area contributed by atoms with Gasteiger partial charge >= 0.3 is 0 Å². The van der Waals surface area contributed by atoms with Crippen LogP contribution in [0.15, 0.2) is 18.6 Å². The molecule has 2 fully saturated rings. The van der Waals surface area contributed by atoms with Gasteiger partial charge < -0.3 is 10.2 Å². The summed E-state index contributed by atoms with van der Waals surface area (Å²) in [6.45, 7) is 3.89. The van der Waals surface area contributed by atoms with Crippen LogP contribution in [0.5, 0.6) is 0 Å². The molecule has 0 spiro atoms. The molecule has 1 unspecified atom stereocenters. The lowest BCUT2D eigenvalue weighted by atomic mass is 10.0. The predicted molar refractivity (Wildman–Crippen MR) is 75.9 cm³/mol. The molecule has 1 aliphatic carbocycles. The highest BCUT2D eigenvalue weighted by Crippen LogP contribution is 2.32. The highest BCUT2D eigenvalue weighted by atomic mass is 16.2. The molecule has 1 saturated carbocycles. The molecule has 2 heterocycles. The average Bonchev–Trinajstić information content (AvgIpc) is 3.33. The molecule has 1 amide bonds. The maximum atomic E-state index is 12.0. The molecule has 5 nitrogen and oxygen atoms in total. The molecule has 0 radical (unpaired) electrons. The molecular formula is C15H22N4O. The molecule has 2 aliphatic rings. The number of piperidine rings is 1. The van der Waals surface area contributed by atoms with Crippen molar-refractivity contribution in [3.05, 3.63) is 24.3 Å². The van der Waals surface area contributed by atoms with Gasteiger partial charge in [0, 0.05) is 49.7 Å². The Hall–Kier alpha value is -1.49. The third-order valence-electron chi connectivity index (χ3n) is 4.25. The van der Waals surface area contributed by atoms with Crippen molar-refractivity contribution in [3.8, 4) is 0 Å². The van der Waals surface area contributed by atoms with Gasteiger partial charge in [0.2, 0.25) is 5.91 Å². The Kier molecular flexibility index (Phi) is 3.96. The van der Waals surface area contributed by atoms with Crippen molar-refractivity contribution in [2.24, 2.45) is 5.92 Å². The number of nitrogens with zero attached hydrogens (tertiary/aromatic N) is 3. The van der Waals surface area contributed by atoms with Crippen molar-refractivity contribution < 1.29 is 4.79 Å². The van der Waals surface area contributed by atoms with E-state index in [4.69, 9.17) is 0 Å². The van der Waals surface area contributed by atoms with Gasteiger partial charge in [0.1, 0.15) is 0 Å². The molecule has 1 aromatic heterocycles. The van der Waals surface area contributed by atoms with Gasteiger partial charge in [-0.2, -0.15) is 0 Å². The molecule has 3 rings (SSSR count). The van der Waals surface area contributed by atoms with E-state index in [9.17, 15) is 4.79 Å². The lowest BCUT2D eigenvalue weighted by Crippen LogP contribution is -2.46. The topological polar surface area (TPSA) is 58.1 Å². The number of hydrogen-bond acceptors (Lipinski definition) is 4. The maximum absolute atomic E-state index is 12.0. The summed E-state index contributed by atoms with van der Waals surface area (Å²) in [5.74, 6) is 0.725. The summed E-state index contributed by atoms with van der Waals surface area (Å²) in [4.78, 5) is 22.5. The zero-order chi connectivity index (χ0) is 13.9. The van der Waals surface area contributed by atoms with E-state index in [1.54, 1.807) is 12.4 Å². The van der Waals surface area contributed by atoms with Crippen LogP contribution in [-0.4, -0.2) is 39.9 Å². The molecule has 1 N–H and O–H groups in total. The summed E-state index contributed by atoms with van der Waals surface area (Å²) in [6.07, 6.45) is 9.49. The van der Waals surface area contributed by atoms with E-state index in [-0.39, 0.29) is 6.04 Å². The normalized spacial score (nSPS) is 21.8. The van der Waals surface area contributed by atoms with Gasteiger partial charge in [0.25, 0.3) is 0 Å². The lowest BCUT2D eigenvalue weighted by Gasteiger charge is -2.34. The summed E-state index contributed by atoms with van der Waals surface area (Å²) in [5.41, 5.74) is 0.976. The van der Waals surface area contributed by atoms with Gasteiger partial charge in [-0.05, 0) is 32.6 Å². The van der Waals surface area contributed by atoms with Crippen molar-refractivity contribution in [2.75, 3.05) is 13.1 Å². The first-order valence-electron chi connectivity index (χ1n) is 7.55. The van der Waals surface area contributed by atoms with Crippen molar-refractivity contribution >= 4 is 5.91 Å². The molecule has 0 aromatic carbocycles. The summed E-state index contributed by atoms with van der Waals surface area (Å²) in [7, 11) is 0. The van der Waals surface area contributed by atoms with Crippen LogP contribution >= 0.6 is 0 Å². The minimum Gasteiger partial charge on any atom is -0.342 e. The molecule has 0 bridgehead atoms. The van der Waals surface area contributed by atoms with Crippen molar-refractivity contribution in [3.63, 3.8) is 0 Å². The lowest BCUT2D eigenvalue weighted by molar-refractivity contribution is -0.133. The Morgan fingerprint density at radius 2 is 2.05 bits per heavy atom. The van der Waals surface area contributed by atoms with E-state index in [0.717, 1.165) is 44.5 Å². The molecular weight excluding hydrogens is 252 g/mol. The van der Waals surface area contributed by atoms with Crippen LogP contribution in [0.2, 0.25) is 0 Å². The minimum absolute atomic E-state index is 0.208. The molecule has 1 aromatic rings. The van der Waals surface area contributed by atoms with Gasteiger partial charge in [-0.15, -0.1) is 0 Å². The second-order valence-corrected chi connectivity index (χ2v) is 5.89. The van der Waals surface area contributed by atoms with E-state index in [0.29, 0.717) is 17.9 Å². The first-order chi connectivity index (χ1) is 9.74. The van der Waals surface area contributed by atoms with Crippen LogP contribution in [0.25, 0.3) is 0 Å². The Morgan fingerprint density at radius 3 is 2.65 bits per heavy atom. The predicted octanol–water partition coefficient (Wildman–Crippen LogP) is 1.53. The molecule has 1 aliphatic heterocycles. The van der Waals surface area contributed by atoms with Gasteiger partial charge in [-0.25, -0.2) is 0 Å². The van der Waals surface area contributed by atoms with E-state index in [1.807, 2.05) is 11.1 Å². The van der Waals surface area contributed by atoms with Gasteiger partial charge in [0.05, 0.1) is 5.69 Å². The number of rotatable bonds is 4. The number of carbonyl (C=O) groups excluding carboxylic acids is 1.